The molecule has 0 spiro atoms. The fourth-order valence-electron chi connectivity index (χ4n) is 1.88. The Labute approximate surface area is 127 Å². The molecule has 1 aromatic carbocycles. The summed E-state index contributed by atoms with van der Waals surface area (Å²) >= 11 is 0. The summed E-state index contributed by atoms with van der Waals surface area (Å²) in [7, 11) is -3.92. The predicted octanol–water partition coefficient (Wildman–Crippen LogP) is 3.03. The van der Waals surface area contributed by atoms with Gasteiger partial charge in [0.05, 0.1) is 12.1 Å². The summed E-state index contributed by atoms with van der Waals surface area (Å²) in [5.41, 5.74) is 1.13. The van der Waals surface area contributed by atoms with E-state index >= 15 is 0 Å². The van der Waals surface area contributed by atoms with Crippen molar-refractivity contribution in [2.24, 2.45) is 0 Å². The molecule has 2 rings (SSSR count). The standard InChI is InChI=1S/C15H16NO5P/c1-11(15(17)18)13-7-8-16-14(9-13)21-22(19,20)10-12-5-3-2-4-6-12/h2-9,11H,10H2,1H3,(H,17,18)(H,19,20). The first kappa shape index (κ1) is 16.2. The van der Waals surface area contributed by atoms with Crippen LogP contribution in [-0.4, -0.2) is 21.0 Å². The third-order valence-corrected chi connectivity index (χ3v) is 4.33. The number of aliphatic carboxylic acids is 1. The molecule has 22 heavy (non-hydrogen) atoms. The van der Waals surface area contributed by atoms with Crippen LogP contribution in [0.3, 0.4) is 0 Å². The van der Waals surface area contributed by atoms with Crippen LogP contribution in [0.1, 0.15) is 24.0 Å². The second kappa shape index (κ2) is 6.73. The average molecular weight is 321 g/mol. The third-order valence-electron chi connectivity index (χ3n) is 3.09. The monoisotopic (exact) mass is 321 g/mol. The minimum absolute atomic E-state index is 0.0626. The van der Waals surface area contributed by atoms with Crippen molar-refractivity contribution < 1.29 is 23.9 Å². The van der Waals surface area contributed by atoms with Crippen LogP contribution in [0, 0.1) is 0 Å². The van der Waals surface area contributed by atoms with E-state index in [1.165, 1.54) is 25.3 Å². The van der Waals surface area contributed by atoms with Crippen LogP contribution in [0.2, 0.25) is 0 Å². The number of nitrogens with zero attached hydrogens (tertiary/aromatic N) is 1. The Morgan fingerprint density at radius 3 is 2.64 bits per heavy atom. The quantitative estimate of drug-likeness (QED) is 0.794. The van der Waals surface area contributed by atoms with Crippen molar-refractivity contribution in [2.45, 2.75) is 19.0 Å². The highest BCUT2D eigenvalue weighted by Gasteiger charge is 2.23. The lowest BCUT2D eigenvalue weighted by atomic mass is 10.0. The molecule has 116 valence electrons. The second-order valence-electron chi connectivity index (χ2n) is 4.86. The smallest absolute Gasteiger partial charge is 0.382 e. The molecule has 0 aliphatic heterocycles. The Hall–Kier alpha value is -2.17. The van der Waals surface area contributed by atoms with Crippen LogP contribution in [0.15, 0.2) is 48.7 Å². The first-order valence-electron chi connectivity index (χ1n) is 6.61. The molecule has 1 aromatic heterocycles. The SMILES string of the molecule is CC(C(=O)O)c1ccnc(OP(=O)(O)Cc2ccccc2)c1. The minimum atomic E-state index is -3.92. The zero-order valence-electron chi connectivity index (χ0n) is 11.9. The Kier molecular flexibility index (Phi) is 4.96. The fourth-order valence-corrected chi connectivity index (χ4v) is 3.01. The highest BCUT2D eigenvalue weighted by atomic mass is 31.2. The normalized spacial score (nSPS) is 14.8. The van der Waals surface area contributed by atoms with Crippen LogP contribution in [0.4, 0.5) is 0 Å². The van der Waals surface area contributed by atoms with Gasteiger partial charge in [-0.1, -0.05) is 30.3 Å². The Balaban J connectivity index is 2.14. The number of benzene rings is 1. The summed E-state index contributed by atoms with van der Waals surface area (Å²) in [5.74, 6) is -1.81. The molecule has 1 heterocycles. The minimum Gasteiger partial charge on any atom is -0.481 e. The zero-order chi connectivity index (χ0) is 16.2. The van der Waals surface area contributed by atoms with Gasteiger partial charge in [-0.05, 0) is 24.1 Å². The van der Waals surface area contributed by atoms with Crippen LogP contribution in [-0.2, 0) is 15.5 Å². The van der Waals surface area contributed by atoms with Crippen LogP contribution in [0.25, 0.3) is 0 Å². The molecule has 2 unspecified atom stereocenters. The summed E-state index contributed by atoms with van der Waals surface area (Å²) in [5, 5.41) is 8.99. The predicted molar refractivity (Wildman–Crippen MR) is 80.9 cm³/mol. The molecule has 7 heteroatoms. The topological polar surface area (TPSA) is 96.7 Å². The number of carboxylic acid groups (broad SMARTS) is 1. The molecule has 2 atom stereocenters. The van der Waals surface area contributed by atoms with Gasteiger partial charge in [-0.3, -0.25) is 4.79 Å². The van der Waals surface area contributed by atoms with Gasteiger partial charge < -0.3 is 14.5 Å². The van der Waals surface area contributed by atoms with Gasteiger partial charge in [-0.25, -0.2) is 9.55 Å². The molecular weight excluding hydrogens is 305 g/mol. The summed E-state index contributed by atoms with van der Waals surface area (Å²) in [6.07, 6.45) is 1.21. The summed E-state index contributed by atoms with van der Waals surface area (Å²) < 4.78 is 17.2. The van der Waals surface area contributed by atoms with Crippen molar-refractivity contribution in [1.29, 1.82) is 0 Å². The number of carboxylic acids is 1. The molecular formula is C15H16NO5P. The summed E-state index contributed by atoms with van der Waals surface area (Å²) in [4.78, 5) is 24.8. The van der Waals surface area contributed by atoms with E-state index in [1.54, 1.807) is 24.3 Å². The Morgan fingerprint density at radius 2 is 2.00 bits per heavy atom. The van der Waals surface area contributed by atoms with Crippen LogP contribution >= 0.6 is 7.60 Å². The van der Waals surface area contributed by atoms with Crippen molar-refractivity contribution in [1.82, 2.24) is 4.98 Å². The Morgan fingerprint density at radius 1 is 1.32 bits per heavy atom. The Bertz CT molecular complexity index is 704. The van der Waals surface area contributed by atoms with E-state index in [1.807, 2.05) is 6.07 Å². The molecule has 2 aromatic rings. The largest absolute Gasteiger partial charge is 0.481 e. The number of carbonyl (C=O) groups is 1. The van der Waals surface area contributed by atoms with Crippen molar-refractivity contribution in [3.05, 3.63) is 59.8 Å². The maximum atomic E-state index is 12.1. The van der Waals surface area contributed by atoms with E-state index in [0.717, 1.165) is 0 Å². The second-order valence-corrected chi connectivity index (χ2v) is 6.63. The summed E-state index contributed by atoms with van der Waals surface area (Å²) in [6, 6.07) is 11.7. The molecule has 0 aliphatic rings. The van der Waals surface area contributed by atoms with Gasteiger partial charge in [0.1, 0.15) is 0 Å². The lowest BCUT2D eigenvalue weighted by Gasteiger charge is -2.14. The van der Waals surface area contributed by atoms with E-state index in [9.17, 15) is 14.3 Å². The van der Waals surface area contributed by atoms with Gasteiger partial charge in [-0.2, -0.15) is 0 Å². The van der Waals surface area contributed by atoms with Gasteiger partial charge in [0.25, 0.3) is 0 Å². The molecule has 0 radical (unpaired) electrons. The van der Waals surface area contributed by atoms with Crippen molar-refractivity contribution in [2.75, 3.05) is 0 Å². The number of rotatable bonds is 6. The van der Waals surface area contributed by atoms with Gasteiger partial charge >= 0.3 is 13.6 Å². The summed E-state index contributed by atoms with van der Waals surface area (Å²) in [6.45, 7) is 1.52. The van der Waals surface area contributed by atoms with Gasteiger partial charge in [0, 0.05) is 12.3 Å². The molecule has 0 aliphatic carbocycles. The van der Waals surface area contributed by atoms with E-state index in [2.05, 4.69) is 4.98 Å². The average Bonchev–Trinajstić information content (AvgIpc) is 2.46. The first-order valence-corrected chi connectivity index (χ1v) is 8.38. The number of aromatic nitrogens is 1. The fraction of sp³-hybridized carbons (Fsp3) is 0.200. The molecule has 0 saturated heterocycles. The molecule has 0 saturated carbocycles. The number of hydrogen-bond donors (Lipinski definition) is 2. The van der Waals surface area contributed by atoms with Gasteiger partial charge in [0.15, 0.2) is 0 Å². The molecule has 0 bridgehead atoms. The molecule has 0 amide bonds. The zero-order valence-corrected chi connectivity index (χ0v) is 12.8. The van der Waals surface area contributed by atoms with Gasteiger partial charge in [0.2, 0.25) is 5.88 Å². The van der Waals surface area contributed by atoms with Crippen molar-refractivity contribution >= 4 is 13.6 Å². The number of hydrogen-bond acceptors (Lipinski definition) is 4. The maximum Gasteiger partial charge on any atom is 0.382 e. The highest BCUT2D eigenvalue weighted by molar-refractivity contribution is 7.52. The van der Waals surface area contributed by atoms with E-state index in [0.29, 0.717) is 11.1 Å². The van der Waals surface area contributed by atoms with Gasteiger partial charge in [-0.15, -0.1) is 0 Å². The van der Waals surface area contributed by atoms with E-state index < -0.39 is 19.5 Å². The van der Waals surface area contributed by atoms with Crippen LogP contribution < -0.4 is 4.52 Å². The first-order chi connectivity index (χ1) is 10.4. The lowest BCUT2D eigenvalue weighted by Crippen LogP contribution is -2.08. The van der Waals surface area contributed by atoms with Crippen LogP contribution in [0.5, 0.6) is 5.88 Å². The molecule has 2 N–H and O–H groups in total. The maximum absolute atomic E-state index is 12.1. The lowest BCUT2D eigenvalue weighted by molar-refractivity contribution is -0.138. The molecule has 0 fully saturated rings. The highest BCUT2D eigenvalue weighted by Crippen LogP contribution is 2.45. The van der Waals surface area contributed by atoms with Crippen molar-refractivity contribution in [3.63, 3.8) is 0 Å². The third kappa shape index (κ3) is 4.41. The van der Waals surface area contributed by atoms with E-state index in [-0.39, 0.29) is 12.0 Å². The van der Waals surface area contributed by atoms with Crippen molar-refractivity contribution in [3.8, 4) is 5.88 Å². The van der Waals surface area contributed by atoms with E-state index in [4.69, 9.17) is 9.63 Å². The molecule has 6 nitrogen and oxygen atoms in total. The number of pyridine rings is 1.